The highest BCUT2D eigenvalue weighted by Crippen LogP contribution is 2.59. The van der Waals surface area contributed by atoms with Crippen molar-refractivity contribution in [2.75, 3.05) is 0 Å². The summed E-state index contributed by atoms with van der Waals surface area (Å²) in [6, 6.07) is 0. The summed E-state index contributed by atoms with van der Waals surface area (Å²) >= 11 is 0. The number of allylic oxidation sites excluding steroid dienone is 4. The first kappa shape index (κ1) is 22.0. The van der Waals surface area contributed by atoms with Gasteiger partial charge in [-0.25, -0.2) is 0 Å². The molecular formula is C27H40O3. The smallest absolute Gasteiger partial charge is 0.0811 e. The summed E-state index contributed by atoms with van der Waals surface area (Å²) in [5, 5.41) is 30.4. The van der Waals surface area contributed by atoms with Crippen molar-refractivity contribution in [1.82, 2.24) is 0 Å². The zero-order valence-corrected chi connectivity index (χ0v) is 18.8. The third kappa shape index (κ3) is 4.40. The minimum absolute atomic E-state index is 0.250. The average Bonchev–Trinajstić information content (AvgIpc) is 3.49. The van der Waals surface area contributed by atoms with E-state index in [0.29, 0.717) is 41.9 Å². The van der Waals surface area contributed by atoms with Crippen LogP contribution in [0.5, 0.6) is 0 Å². The Hall–Kier alpha value is -1.16. The normalized spacial score (nSPS) is 42.1. The lowest BCUT2D eigenvalue weighted by molar-refractivity contribution is 0.0862. The summed E-state index contributed by atoms with van der Waals surface area (Å²) in [5.41, 5.74) is 3.63. The Labute approximate surface area is 182 Å². The van der Waals surface area contributed by atoms with Gasteiger partial charge in [-0.15, -0.1) is 0 Å². The predicted molar refractivity (Wildman–Crippen MR) is 122 cm³/mol. The fourth-order valence-corrected chi connectivity index (χ4v) is 6.63. The molecule has 166 valence electrons. The maximum atomic E-state index is 10.2. The monoisotopic (exact) mass is 412 g/mol. The molecular weight excluding hydrogens is 372 g/mol. The lowest BCUT2D eigenvalue weighted by Gasteiger charge is -2.44. The zero-order valence-electron chi connectivity index (χ0n) is 18.8. The molecule has 0 aromatic carbocycles. The van der Waals surface area contributed by atoms with Gasteiger partial charge in [0.05, 0.1) is 18.3 Å². The van der Waals surface area contributed by atoms with Crippen molar-refractivity contribution in [1.29, 1.82) is 0 Å². The second-order valence-electron chi connectivity index (χ2n) is 10.7. The summed E-state index contributed by atoms with van der Waals surface area (Å²) in [5.74, 6) is 2.28. The van der Waals surface area contributed by atoms with Gasteiger partial charge in [0.2, 0.25) is 0 Å². The Bertz CT molecular complexity index is 743. The molecule has 2 unspecified atom stereocenters. The highest BCUT2D eigenvalue weighted by atomic mass is 16.3. The van der Waals surface area contributed by atoms with Crippen LogP contribution in [0, 0.1) is 29.1 Å². The molecule has 0 aliphatic heterocycles. The first-order chi connectivity index (χ1) is 14.3. The van der Waals surface area contributed by atoms with E-state index in [1.807, 2.05) is 0 Å². The van der Waals surface area contributed by atoms with Gasteiger partial charge in [0.25, 0.3) is 0 Å². The summed E-state index contributed by atoms with van der Waals surface area (Å²) in [7, 11) is 0. The van der Waals surface area contributed by atoms with Gasteiger partial charge < -0.3 is 15.3 Å². The van der Waals surface area contributed by atoms with Crippen LogP contribution in [0.4, 0.5) is 0 Å². The molecule has 4 rings (SSSR count). The molecule has 0 radical (unpaired) electrons. The molecule has 3 nitrogen and oxygen atoms in total. The lowest BCUT2D eigenvalue weighted by atomic mass is 9.61. The minimum atomic E-state index is -0.621. The van der Waals surface area contributed by atoms with Crippen molar-refractivity contribution in [3.8, 4) is 0 Å². The van der Waals surface area contributed by atoms with Crippen LogP contribution < -0.4 is 0 Å². The number of fused-ring (bicyclic) bond motifs is 1. The number of rotatable bonds is 5. The van der Waals surface area contributed by atoms with Crippen LogP contribution in [-0.2, 0) is 0 Å². The molecule has 4 fully saturated rings. The molecule has 0 aromatic rings. The molecule has 30 heavy (non-hydrogen) atoms. The van der Waals surface area contributed by atoms with E-state index in [2.05, 4.69) is 44.7 Å². The molecule has 0 spiro atoms. The van der Waals surface area contributed by atoms with Crippen LogP contribution in [0.15, 0.2) is 47.6 Å². The van der Waals surface area contributed by atoms with Gasteiger partial charge >= 0.3 is 0 Å². The number of aliphatic hydroxyl groups excluding tert-OH is 3. The van der Waals surface area contributed by atoms with Crippen molar-refractivity contribution in [3.05, 3.63) is 47.6 Å². The van der Waals surface area contributed by atoms with Gasteiger partial charge in [-0.1, -0.05) is 50.3 Å². The molecule has 0 amide bonds. The summed E-state index contributed by atoms with van der Waals surface area (Å²) in [6.07, 6.45) is 16.9. The maximum Gasteiger partial charge on any atom is 0.0811 e. The third-order valence-corrected chi connectivity index (χ3v) is 8.65. The Balaban J connectivity index is 1.48. The van der Waals surface area contributed by atoms with Gasteiger partial charge in [-0.05, 0) is 91.6 Å². The van der Waals surface area contributed by atoms with Crippen LogP contribution >= 0.6 is 0 Å². The largest absolute Gasteiger partial charge is 0.393 e. The lowest BCUT2D eigenvalue weighted by Crippen LogP contribution is -2.35. The maximum absolute atomic E-state index is 10.2. The minimum Gasteiger partial charge on any atom is -0.393 e. The number of aliphatic hydroxyl groups is 3. The first-order valence-corrected chi connectivity index (χ1v) is 12.1. The standard InChI is InChI=1S/C27H40O3/c1-17(6-13-25(29)20-8-9-20)23-11-12-24-19(5-4-14-27(23,24)3)7-10-21-15-22(28)16-26(30)18(21)2/h6-7,10,13,17,20,22-26,28-30H,2,4-5,8-9,11-12,14-16H2,1,3H3/b13-6+,19-7+,21-10-/t17-,22-,23-,24?,25?,26+,27-/m1/s1. The molecule has 4 aliphatic carbocycles. The molecule has 3 N–H and O–H groups in total. The van der Waals surface area contributed by atoms with Crippen LogP contribution in [0.1, 0.15) is 71.6 Å². The van der Waals surface area contributed by atoms with Gasteiger partial charge in [0.15, 0.2) is 0 Å². The van der Waals surface area contributed by atoms with Crippen LogP contribution in [-0.4, -0.2) is 33.6 Å². The van der Waals surface area contributed by atoms with Crippen molar-refractivity contribution in [2.45, 2.75) is 89.9 Å². The Morgan fingerprint density at radius 3 is 2.60 bits per heavy atom. The van der Waals surface area contributed by atoms with Crippen LogP contribution in [0.2, 0.25) is 0 Å². The average molecular weight is 413 g/mol. The summed E-state index contributed by atoms with van der Waals surface area (Å²) in [6.45, 7) is 8.88. The highest BCUT2D eigenvalue weighted by Gasteiger charge is 2.50. The Morgan fingerprint density at radius 1 is 1.10 bits per heavy atom. The Morgan fingerprint density at radius 2 is 1.87 bits per heavy atom. The van der Waals surface area contributed by atoms with E-state index in [1.165, 1.54) is 44.1 Å². The first-order valence-electron chi connectivity index (χ1n) is 12.1. The summed E-state index contributed by atoms with van der Waals surface area (Å²) < 4.78 is 0. The van der Waals surface area contributed by atoms with Gasteiger partial charge in [0.1, 0.15) is 0 Å². The summed E-state index contributed by atoms with van der Waals surface area (Å²) in [4.78, 5) is 0. The molecule has 3 heteroatoms. The highest BCUT2D eigenvalue weighted by molar-refractivity contribution is 5.38. The van der Waals surface area contributed by atoms with Gasteiger partial charge in [-0.3, -0.25) is 0 Å². The van der Waals surface area contributed by atoms with Crippen molar-refractivity contribution < 1.29 is 15.3 Å². The van der Waals surface area contributed by atoms with E-state index < -0.39 is 12.2 Å². The molecule has 0 aromatic heterocycles. The van der Waals surface area contributed by atoms with E-state index in [-0.39, 0.29) is 6.10 Å². The van der Waals surface area contributed by atoms with E-state index in [4.69, 9.17) is 0 Å². The second kappa shape index (κ2) is 8.76. The number of hydrogen-bond donors (Lipinski definition) is 3. The molecule has 7 atom stereocenters. The van der Waals surface area contributed by atoms with E-state index >= 15 is 0 Å². The zero-order chi connectivity index (χ0) is 21.5. The molecule has 0 heterocycles. The van der Waals surface area contributed by atoms with Crippen LogP contribution in [0.3, 0.4) is 0 Å². The van der Waals surface area contributed by atoms with E-state index in [9.17, 15) is 15.3 Å². The van der Waals surface area contributed by atoms with Crippen molar-refractivity contribution in [2.24, 2.45) is 29.1 Å². The number of hydrogen-bond acceptors (Lipinski definition) is 3. The van der Waals surface area contributed by atoms with Gasteiger partial charge in [0, 0.05) is 6.42 Å². The Kier molecular flexibility index (Phi) is 6.44. The fourth-order valence-electron chi connectivity index (χ4n) is 6.63. The predicted octanol–water partition coefficient (Wildman–Crippen LogP) is 5.09. The second-order valence-corrected chi connectivity index (χ2v) is 10.7. The van der Waals surface area contributed by atoms with Crippen molar-refractivity contribution >= 4 is 0 Å². The molecule has 0 saturated heterocycles. The topological polar surface area (TPSA) is 60.7 Å². The SMILES string of the molecule is C=C1/C(=C\C=C2/CCC[C@@]3(C)C2CC[C@@H]3[C@H](C)/C=C/C(O)C2CC2)C[C@@H](O)C[C@@H]1O. The van der Waals surface area contributed by atoms with Crippen molar-refractivity contribution in [3.63, 3.8) is 0 Å². The molecule has 0 bridgehead atoms. The van der Waals surface area contributed by atoms with E-state index in [1.54, 1.807) is 0 Å². The molecule has 4 saturated carbocycles. The fraction of sp³-hybridized carbons (Fsp3) is 0.704. The van der Waals surface area contributed by atoms with E-state index in [0.717, 1.165) is 17.6 Å². The third-order valence-electron chi connectivity index (χ3n) is 8.65. The quantitative estimate of drug-likeness (QED) is 0.551. The van der Waals surface area contributed by atoms with Crippen LogP contribution in [0.25, 0.3) is 0 Å². The molecule has 4 aliphatic rings. The van der Waals surface area contributed by atoms with Gasteiger partial charge in [-0.2, -0.15) is 0 Å².